The molecule has 5 heteroatoms. The first kappa shape index (κ1) is 20.7. The Labute approximate surface area is 310 Å². The third kappa shape index (κ3) is 8.29. The fraction of sp³-hybridized carbons (Fsp3) is 0.214. The van der Waals surface area contributed by atoms with Crippen LogP contribution in [0.4, 0.5) is 0 Å². The van der Waals surface area contributed by atoms with Gasteiger partial charge >= 0.3 is 0 Å². The van der Waals surface area contributed by atoms with Crippen LogP contribution in [0.15, 0.2) is 108 Å². The van der Waals surface area contributed by atoms with E-state index in [-0.39, 0.29) is 48.2 Å². The van der Waals surface area contributed by atoms with E-state index in [9.17, 15) is 0 Å². The molecule has 3 aromatic carbocycles. The molecule has 47 heavy (non-hydrogen) atoms. The van der Waals surface area contributed by atoms with Crippen LogP contribution in [-0.4, -0.2) is 15.0 Å². The number of furan rings is 1. The van der Waals surface area contributed by atoms with Crippen molar-refractivity contribution >= 4 is 22.1 Å². The number of benzene rings is 3. The molecule has 0 N–H and O–H groups in total. The molecule has 0 saturated carbocycles. The predicted octanol–water partition coefficient (Wildman–Crippen LogP) is 10.5. The van der Waals surface area contributed by atoms with Gasteiger partial charge in [0.25, 0.3) is 0 Å². The van der Waals surface area contributed by atoms with Crippen LogP contribution in [0.5, 0.6) is 0 Å². The number of hydrogen-bond acceptors (Lipinski definition) is 4. The van der Waals surface area contributed by atoms with Crippen molar-refractivity contribution in [2.45, 2.75) is 54.1 Å². The molecule has 0 spiro atoms. The Balaban J connectivity index is 0.000000224. The molecular formula is C42H39IrN3O-2. The topological polar surface area (TPSA) is 51.8 Å². The molecule has 0 unspecified atom stereocenters. The van der Waals surface area contributed by atoms with Gasteiger partial charge in [-0.25, -0.2) is 4.98 Å². The van der Waals surface area contributed by atoms with Crippen molar-refractivity contribution in [2.75, 3.05) is 0 Å². The summed E-state index contributed by atoms with van der Waals surface area (Å²) in [4.78, 5) is 12.8. The average Bonchev–Trinajstić information content (AvgIpc) is 3.55. The van der Waals surface area contributed by atoms with Gasteiger partial charge < -0.3 is 14.4 Å². The first-order valence-electron chi connectivity index (χ1n) is 21.1. The van der Waals surface area contributed by atoms with Gasteiger partial charge in [0.1, 0.15) is 0 Å². The molecule has 4 heterocycles. The zero-order valence-corrected chi connectivity index (χ0v) is 28.3. The molecule has 0 saturated heterocycles. The summed E-state index contributed by atoms with van der Waals surface area (Å²) < 4.78 is 109. The van der Waals surface area contributed by atoms with Crippen LogP contribution in [0.1, 0.15) is 72.1 Å². The van der Waals surface area contributed by atoms with Gasteiger partial charge in [0.2, 0.25) is 5.71 Å². The third-order valence-corrected chi connectivity index (χ3v) is 6.88. The number of rotatable bonds is 5. The summed E-state index contributed by atoms with van der Waals surface area (Å²) in [6.07, 6.45) is -0.900. The molecule has 0 amide bonds. The monoisotopic (exact) mass is 807 g/mol. The minimum Gasteiger partial charge on any atom is -0.486 e. The zero-order chi connectivity index (χ0) is 43.3. The van der Waals surface area contributed by atoms with Crippen molar-refractivity contribution in [3.8, 4) is 22.5 Å². The smallest absolute Gasteiger partial charge is 0.216 e. The maximum Gasteiger partial charge on any atom is 0.216 e. The Morgan fingerprint density at radius 1 is 0.830 bits per heavy atom. The summed E-state index contributed by atoms with van der Waals surface area (Å²) in [7, 11) is 0. The summed E-state index contributed by atoms with van der Waals surface area (Å²) >= 11 is 0. The van der Waals surface area contributed by atoms with Crippen LogP contribution in [-0.2, 0) is 32.9 Å². The average molecular weight is 807 g/mol. The van der Waals surface area contributed by atoms with Crippen molar-refractivity contribution in [1.82, 2.24) is 15.0 Å². The van der Waals surface area contributed by atoms with Crippen LogP contribution in [0.2, 0.25) is 0 Å². The van der Waals surface area contributed by atoms with Gasteiger partial charge in [0, 0.05) is 61.4 Å². The summed E-state index contributed by atoms with van der Waals surface area (Å²) in [6, 6.07) is 30.2. The molecule has 7 rings (SSSR count). The van der Waals surface area contributed by atoms with Crippen LogP contribution < -0.4 is 0 Å². The summed E-state index contributed by atoms with van der Waals surface area (Å²) in [5.41, 5.74) is 2.74. The van der Waals surface area contributed by atoms with Crippen LogP contribution in [0.3, 0.4) is 0 Å². The van der Waals surface area contributed by atoms with Gasteiger partial charge in [0.05, 0.1) is 5.58 Å². The summed E-state index contributed by atoms with van der Waals surface area (Å²) in [5.74, 6) is 0. The predicted molar refractivity (Wildman–Crippen MR) is 189 cm³/mol. The Hall–Kier alpha value is -4.44. The molecule has 0 aliphatic carbocycles. The summed E-state index contributed by atoms with van der Waals surface area (Å²) in [6.45, 7) is -1.56. The minimum atomic E-state index is -2.54. The molecule has 0 aliphatic heterocycles. The van der Waals surface area contributed by atoms with Gasteiger partial charge in [-0.3, -0.25) is 0 Å². The Kier molecular flexibility index (Phi) is 6.41. The molecule has 239 valence electrons. The van der Waals surface area contributed by atoms with Gasteiger partial charge in [-0.15, -0.1) is 53.6 Å². The molecular weight excluding hydrogens is 755 g/mol. The van der Waals surface area contributed by atoms with E-state index in [0.717, 1.165) is 11.6 Å². The SMILES string of the molecule is [2H]C([2H])([2H])c1c[c-]c(-c2cc(C([2H])([2H])c3ccccc3)c(C([2H])([2H])[2H])cn2)cc1.[2H]C([2H])([2H])c1ccc2c(n1)oc1c(-c3cc(C([2H])([2H])C(C)(C)C)ccn3)[c-]ccc12.[Ir]. The maximum absolute atomic E-state index is 8.61. The van der Waals surface area contributed by atoms with Crippen molar-refractivity contribution < 1.29 is 42.3 Å². The fourth-order valence-corrected chi connectivity index (χ4v) is 4.86. The molecule has 4 aromatic heterocycles. The molecule has 1 radical (unpaired) electrons. The Morgan fingerprint density at radius 3 is 2.45 bits per heavy atom. The number of aromatic nitrogens is 3. The quantitative estimate of drug-likeness (QED) is 0.163. The Bertz CT molecular complexity index is 2610. The van der Waals surface area contributed by atoms with Crippen LogP contribution in [0, 0.1) is 38.1 Å². The van der Waals surface area contributed by atoms with E-state index in [0.29, 0.717) is 44.6 Å². The molecule has 0 fully saturated rings. The molecule has 0 bridgehead atoms. The van der Waals surface area contributed by atoms with Gasteiger partial charge in [-0.05, 0) is 78.1 Å². The first-order valence-corrected chi connectivity index (χ1v) is 14.6. The van der Waals surface area contributed by atoms with Gasteiger partial charge in [0.15, 0.2) is 0 Å². The minimum absolute atomic E-state index is 0. The number of aryl methyl sites for hydroxylation is 3. The van der Waals surface area contributed by atoms with E-state index in [1.54, 1.807) is 60.8 Å². The van der Waals surface area contributed by atoms with Gasteiger partial charge in [-0.1, -0.05) is 86.6 Å². The zero-order valence-electron chi connectivity index (χ0n) is 38.9. The van der Waals surface area contributed by atoms with E-state index in [1.807, 2.05) is 26.8 Å². The fourth-order valence-electron chi connectivity index (χ4n) is 4.86. The molecule has 7 aromatic rings. The third-order valence-electron chi connectivity index (χ3n) is 6.88. The molecule has 0 aliphatic rings. The Morgan fingerprint density at radius 2 is 1.70 bits per heavy atom. The van der Waals surface area contributed by atoms with E-state index in [4.69, 9.17) is 22.2 Å². The van der Waals surface area contributed by atoms with E-state index in [1.165, 1.54) is 30.3 Å². The van der Waals surface area contributed by atoms with Crippen molar-refractivity contribution in [1.29, 1.82) is 0 Å². The van der Waals surface area contributed by atoms with Crippen LogP contribution in [0.25, 0.3) is 44.6 Å². The van der Waals surface area contributed by atoms with E-state index >= 15 is 0 Å². The second kappa shape index (κ2) is 14.5. The molecule has 4 nitrogen and oxygen atoms in total. The second-order valence-corrected chi connectivity index (χ2v) is 11.6. The van der Waals surface area contributed by atoms with Crippen molar-refractivity contribution in [3.05, 3.63) is 149 Å². The second-order valence-electron chi connectivity index (χ2n) is 11.6. The number of nitrogens with zero attached hydrogens (tertiary/aromatic N) is 3. The van der Waals surface area contributed by atoms with E-state index in [2.05, 4.69) is 27.1 Å². The maximum atomic E-state index is 8.61. The van der Waals surface area contributed by atoms with Crippen LogP contribution >= 0.6 is 0 Å². The van der Waals surface area contributed by atoms with Crippen molar-refractivity contribution in [2.24, 2.45) is 5.41 Å². The van der Waals surface area contributed by atoms with Gasteiger partial charge in [-0.2, -0.15) is 0 Å². The summed E-state index contributed by atoms with van der Waals surface area (Å²) in [5, 5.41) is 1.48. The standard InChI is InChI=1S/C22H21N2O.C20H18N.Ir/c1-14-8-9-17-16-6-5-7-18(20(16)25-21(17)24-14)19-12-15(10-11-23-19)13-22(2,3)4;1-15-8-10-18(11-9-15)20-13-19(16(2)14-21-20)12-17-6-4-3-5-7-17;/h5-6,8-12H,13H2,1-4H3;3-10,13-14H,12H2,1-2H3;/q2*-1;/i1D3,13D2;1D3,2D3,12D2;. The van der Waals surface area contributed by atoms with Crippen molar-refractivity contribution in [3.63, 3.8) is 0 Å². The van der Waals surface area contributed by atoms with E-state index < -0.39 is 38.7 Å². The molecule has 0 atom stereocenters. The first-order chi connectivity index (χ1) is 27.3. The number of hydrogen-bond donors (Lipinski definition) is 0. The number of pyridine rings is 3. The number of fused-ring (bicyclic) bond motifs is 3. The largest absolute Gasteiger partial charge is 0.486 e. The normalized spacial score (nSPS) is 16.7.